The zero-order valence-corrected chi connectivity index (χ0v) is 12.5. The van der Waals surface area contributed by atoms with Crippen LogP contribution in [0.4, 0.5) is 0 Å². The van der Waals surface area contributed by atoms with Crippen LogP contribution in [0.25, 0.3) is 0 Å². The van der Waals surface area contributed by atoms with E-state index in [1.165, 1.54) is 49.9 Å². The molecule has 0 saturated carbocycles. The van der Waals surface area contributed by atoms with Crippen LogP contribution in [0.2, 0.25) is 0 Å². The van der Waals surface area contributed by atoms with Crippen LogP contribution < -0.4 is 5.73 Å². The zero-order valence-electron chi connectivity index (χ0n) is 12.5. The van der Waals surface area contributed by atoms with E-state index in [0.29, 0.717) is 0 Å². The third kappa shape index (κ3) is 3.80. The Kier molecular flexibility index (Phi) is 5.00. The molecule has 2 N–H and O–H groups in total. The lowest BCUT2D eigenvalue weighted by atomic mass is 9.90. The van der Waals surface area contributed by atoms with Crippen LogP contribution in [0.1, 0.15) is 43.7 Å². The Morgan fingerprint density at radius 3 is 2.16 bits per heavy atom. The Hall–Kier alpha value is -0.860. The van der Waals surface area contributed by atoms with Crippen LogP contribution in [0, 0.1) is 6.92 Å². The number of aryl methyl sites for hydroxylation is 1. The molecular formula is C17H28N2. The lowest BCUT2D eigenvalue weighted by Crippen LogP contribution is -2.53. The second-order valence-corrected chi connectivity index (χ2v) is 6.26. The average molecular weight is 260 g/mol. The smallest absolute Gasteiger partial charge is 0.0343 e. The van der Waals surface area contributed by atoms with Gasteiger partial charge in [0.1, 0.15) is 0 Å². The summed E-state index contributed by atoms with van der Waals surface area (Å²) in [5, 5.41) is 0. The fourth-order valence-corrected chi connectivity index (χ4v) is 3.07. The van der Waals surface area contributed by atoms with Crippen molar-refractivity contribution in [1.29, 1.82) is 0 Å². The molecule has 2 rings (SSSR count). The van der Waals surface area contributed by atoms with Crippen LogP contribution in [0.5, 0.6) is 0 Å². The van der Waals surface area contributed by atoms with E-state index in [0.717, 1.165) is 13.0 Å². The van der Waals surface area contributed by atoms with Gasteiger partial charge in [-0.25, -0.2) is 0 Å². The molecule has 19 heavy (non-hydrogen) atoms. The quantitative estimate of drug-likeness (QED) is 0.901. The third-order valence-electron chi connectivity index (χ3n) is 4.51. The third-order valence-corrected chi connectivity index (χ3v) is 4.51. The summed E-state index contributed by atoms with van der Waals surface area (Å²) in [5.41, 5.74) is 8.97. The molecule has 1 heterocycles. The highest BCUT2D eigenvalue weighted by Crippen LogP contribution is 2.24. The van der Waals surface area contributed by atoms with Gasteiger partial charge in [-0.3, -0.25) is 4.90 Å². The Morgan fingerprint density at radius 1 is 1.05 bits per heavy atom. The first-order valence-electron chi connectivity index (χ1n) is 7.65. The molecular weight excluding hydrogens is 232 g/mol. The molecule has 0 aromatic heterocycles. The molecule has 2 heteroatoms. The zero-order chi connectivity index (χ0) is 13.7. The molecule has 0 amide bonds. The van der Waals surface area contributed by atoms with Gasteiger partial charge in [-0.2, -0.15) is 0 Å². The minimum Gasteiger partial charge on any atom is -0.329 e. The van der Waals surface area contributed by atoms with E-state index >= 15 is 0 Å². The van der Waals surface area contributed by atoms with Crippen LogP contribution in [-0.2, 0) is 6.42 Å². The van der Waals surface area contributed by atoms with Gasteiger partial charge in [0.2, 0.25) is 0 Å². The highest BCUT2D eigenvalue weighted by molar-refractivity contribution is 5.23. The molecule has 106 valence electrons. The van der Waals surface area contributed by atoms with E-state index in [1.54, 1.807) is 0 Å². The Balaban J connectivity index is 2.09. The fourth-order valence-electron chi connectivity index (χ4n) is 3.07. The first-order valence-corrected chi connectivity index (χ1v) is 7.65. The van der Waals surface area contributed by atoms with E-state index < -0.39 is 0 Å². The summed E-state index contributed by atoms with van der Waals surface area (Å²) >= 11 is 0. The maximum Gasteiger partial charge on any atom is 0.0343 e. The SMILES string of the molecule is Cc1ccc(CC(C)(CN)N2CCCCCC2)cc1. The standard InChI is InChI=1S/C17H28N2/c1-15-7-9-16(10-8-15)13-17(2,14-18)19-11-5-3-4-6-12-19/h7-10H,3-6,11-14,18H2,1-2H3. The topological polar surface area (TPSA) is 29.3 Å². The van der Waals surface area contributed by atoms with Crippen molar-refractivity contribution in [2.75, 3.05) is 19.6 Å². The van der Waals surface area contributed by atoms with E-state index in [4.69, 9.17) is 5.73 Å². The van der Waals surface area contributed by atoms with Crippen molar-refractivity contribution in [3.63, 3.8) is 0 Å². The highest BCUT2D eigenvalue weighted by atomic mass is 15.2. The van der Waals surface area contributed by atoms with E-state index in [1.807, 2.05) is 0 Å². The van der Waals surface area contributed by atoms with Crippen LogP contribution >= 0.6 is 0 Å². The molecule has 0 spiro atoms. The predicted octanol–water partition coefficient (Wildman–Crippen LogP) is 3.13. The van der Waals surface area contributed by atoms with Crippen molar-refractivity contribution in [3.8, 4) is 0 Å². The minimum atomic E-state index is 0.111. The van der Waals surface area contributed by atoms with Gasteiger partial charge in [0, 0.05) is 12.1 Å². The molecule has 0 aliphatic carbocycles. The van der Waals surface area contributed by atoms with E-state index in [-0.39, 0.29) is 5.54 Å². The molecule has 0 radical (unpaired) electrons. The van der Waals surface area contributed by atoms with Crippen molar-refractivity contribution in [2.45, 2.75) is 51.5 Å². The first kappa shape index (κ1) is 14.5. The summed E-state index contributed by atoms with van der Waals surface area (Å²) in [6.07, 6.45) is 6.46. The van der Waals surface area contributed by atoms with Gasteiger partial charge in [-0.1, -0.05) is 42.7 Å². The molecule has 1 unspecified atom stereocenters. The number of hydrogen-bond acceptors (Lipinski definition) is 2. The lowest BCUT2D eigenvalue weighted by molar-refractivity contribution is 0.114. The summed E-state index contributed by atoms with van der Waals surface area (Å²) < 4.78 is 0. The monoisotopic (exact) mass is 260 g/mol. The Bertz CT molecular complexity index is 377. The normalized spacial score (nSPS) is 20.8. The maximum atomic E-state index is 6.12. The summed E-state index contributed by atoms with van der Waals surface area (Å²) in [6.45, 7) is 7.62. The van der Waals surface area contributed by atoms with Crippen molar-refractivity contribution in [1.82, 2.24) is 4.90 Å². The minimum absolute atomic E-state index is 0.111. The Morgan fingerprint density at radius 2 is 1.63 bits per heavy atom. The van der Waals surface area contributed by atoms with Gasteiger partial charge in [0.05, 0.1) is 0 Å². The maximum absolute atomic E-state index is 6.12. The molecule has 2 nitrogen and oxygen atoms in total. The molecule has 1 aromatic carbocycles. The number of nitrogens with two attached hydrogens (primary N) is 1. The van der Waals surface area contributed by atoms with Crippen molar-refractivity contribution < 1.29 is 0 Å². The molecule has 1 atom stereocenters. The second kappa shape index (κ2) is 6.53. The number of benzene rings is 1. The van der Waals surface area contributed by atoms with E-state index in [2.05, 4.69) is 43.0 Å². The molecule has 1 aliphatic heterocycles. The largest absolute Gasteiger partial charge is 0.329 e. The van der Waals surface area contributed by atoms with Gasteiger partial charge < -0.3 is 5.73 Å². The summed E-state index contributed by atoms with van der Waals surface area (Å²) in [7, 11) is 0. The molecule has 1 fully saturated rings. The highest BCUT2D eigenvalue weighted by Gasteiger charge is 2.30. The summed E-state index contributed by atoms with van der Waals surface area (Å²) in [6, 6.07) is 8.91. The predicted molar refractivity (Wildman–Crippen MR) is 82.4 cm³/mol. The molecule has 0 bridgehead atoms. The van der Waals surface area contributed by atoms with E-state index in [9.17, 15) is 0 Å². The van der Waals surface area contributed by atoms with Gasteiger partial charge >= 0.3 is 0 Å². The average Bonchev–Trinajstić information content (AvgIpc) is 2.71. The van der Waals surface area contributed by atoms with Crippen LogP contribution in [0.3, 0.4) is 0 Å². The lowest BCUT2D eigenvalue weighted by Gasteiger charge is -2.40. The molecule has 1 aliphatic rings. The molecule has 1 aromatic rings. The van der Waals surface area contributed by atoms with Crippen molar-refractivity contribution >= 4 is 0 Å². The van der Waals surface area contributed by atoms with Crippen molar-refractivity contribution in [2.24, 2.45) is 5.73 Å². The number of hydrogen-bond donors (Lipinski definition) is 1. The number of likely N-dealkylation sites (tertiary alicyclic amines) is 1. The van der Waals surface area contributed by atoms with Gasteiger partial charge in [-0.15, -0.1) is 0 Å². The van der Waals surface area contributed by atoms with Crippen LogP contribution in [0.15, 0.2) is 24.3 Å². The van der Waals surface area contributed by atoms with Gasteiger partial charge in [0.25, 0.3) is 0 Å². The number of rotatable bonds is 4. The Labute approximate surface area is 118 Å². The number of nitrogens with zero attached hydrogens (tertiary/aromatic N) is 1. The van der Waals surface area contributed by atoms with Gasteiger partial charge in [-0.05, 0) is 51.8 Å². The summed E-state index contributed by atoms with van der Waals surface area (Å²) in [5.74, 6) is 0. The van der Waals surface area contributed by atoms with Crippen molar-refractivity contribution in [3.05, 3.63) is 35.4 Å². The first-order chi connectivity index (χ1) is 9.14. The summed E-state index contributed by atoms with van der Waals surface area (Å²) in [4.78, 5) is 2.62. The second-order valence-electron chi connectivity index (χ2n) is 6.26. The van der Waals surface area contributed by atoms with Gasteiger partial charge in [0.15, 0.2) is 0 Å². The van der Waals surface area contributed by atoms with Crippen LogP contribution in [-0.4, -0.2) is 30.1 Å². The molecule has 1 saturated heterocycles. The fraction of sp³-hybridized carbons (Fsp3) is 0.647.